The number of hydrogen-bond acceptors (Lipinski definition) is 2. The van der Waals surface area contributed by atoms with E-state index in [0.717, 1.165) is 31.5 Å². The number of halogens is 2. The molecular weight excluding hydrogens is 258 g/mol. The van der Waals surface area contributed by atoms with Crippen molar-refractivity contribution >= 4 is 0 Å². The van der Waals surface area contributed by atoms with Gasteiger partial charge < -0.3 is 5.32 Å². The monoisotopic (exact) mass is 280 g/mol. The van der Waals surface area contributed by atoms with Crippen LogP contribution in [0.4, 0.5) is 8.78 Å². The maximum atomic E-state index is 13.6. The van der Waals surface area contributed by atoms with E-state index in [9.17, 15) is 8.78 Å². The van der Waals surface area contributed by atoms with Crippen molar-refractivity contribution in [1.29, 1.82) is 5.26 Å². The Morgan fingerprint density at radius 3 is 2.25 bits per heavy atom. The Kier molecular flexibility index (Phi) is 7.82. The first-order valence-corrected chi connectivity index (χ1v) is 7.27. The zero-order chi connectivity index (χ0) is 14.8. The van der Waals surface area contributed by atoms with Crippen LogP contribution in [0.5, 0.6) is 0 Å². The van der Waals surface area contributed by atoms with Crippen molar-refractivity contribution in [2.45, 2.75) is 52.0 Å². The lowest BCUT2D eigenvalue weighted by atomic mass is 10.1. The zero-order valence-electron chi connectivity index (χ0n) is 12.0. The van der Waals surface area contributed by atoms with Crippen LogP contribution in [0, 0.1) is 23.0 Å². The topological polar surface area (TPSA) is 35.8 Å². The molecule has 0 fully saturated rings. The summed E-state index contributed by atoms with van der Waals surface area (Å²) in [6, 6.07) is 3.88. The number of nitrogens with one attached hydrogen (secondary N) is 1. The molecule has 0 aliphatic carbocycles. The molecule has 0 aliphatic heterocycles. The highest BCUT2D eigenvalue weighted by Gasteiger charge is 2.10. The molecule has 0 amide bonds. The number of benzene rings is 1. The van der Waals surface area contributed by atoms with Crippen molar-refractivity contribution in [3.05, 3.63) is 34.9 Å². The van der Waals surface area contributed by atoms with Gasteiger partial charge in [0.15, 0.2) is 0 Å². The van der Waals surface area contributed by atoms with Gasteiger partial charge >= 0.3 is 0 Å². The third-order valence-electron chi connectivity index (χ3n) is 3.28. The van der Waals surface area contributed by atoms with E-state index in [2.05, 4.69) is 12.2 Å². The predicted molar refractivity (Wildman–Crippen MR) is 76.2 cm³/mol. The van der Waals surface area contributed by atoms with E-state index in [1.54, 1.807) is 6.07 Å². The number of unbranched alkanes of at least 4 members (excludes halogenated alkanes) is 5. The first-order chi connectivity index (χ1) is 9.69. The van der Waals surface area contributed by atoms with Gasteiger partial charge in [0.1, 0.15) is 11.6 Å². The van der Waals surface area contributed by atoms with E-state index in [4.69, 9.17) is 5.26 Å². The summed E-state index contributed by atoms with van der Waals surface area (Å²) in [5.41, 5.74) is 0.0228. The number of nitriles is 1. The van der Waals surface area contributed by atoms with Gasteiger partial charge in [-0.2, -0.15) is 5.26 Å². The molecule has 0 radical (unpaired) electrons. The fourth-order valence-electron chi connectivity index (χ4n) is 2.08. The third-order valence-corrected chi connectivity index (χ3v) is 3.28. The summed E-state index contributed by atoms with van der Waals surface area (Å²) in [7, 11) is 0. The Labute approximate surface area is 119 Å². The molecular formula is C16H22F2N2. The Balaban J connectivity index is 2.27. The van der Waals surface area contributed by atoms with Crippen LogP contribution in [0.3, 0.4) is 0 Å². The third kappa shape index (κ3) is 5.66. The first-order valence-electron chi connectivity index (χ1n) is 7.27. The second kappa shape index (κ2) is 9.44. The standard InChI is InChI=1S/C16H22F2N2/c1-2-3-4-5-6-7-8-20-12-14-15(17)9-13(11-19)10-16(14)18/h9-10,20H,2-8,12H2,1H3. The number of rotatable bonds is 9. The van der Waals surface area contributed by atoms with E-state index in [-0.39, 0.29) is 17.7 Å². The van der Waals surface area contributed by atoms with Gasteiger partial charge in [-0.3, -0.25) is 0 Å². The van der Waals surface area contributed by atoms with Crippen molar-refractivity contribution in [2.24, 2.45) is 0 Å². The minimum Gasteiger partial charge on any atom is -0.312 e. The van der Waals surface area contributed by atoms with E-state index in [1.807, 2.05) is 0 Å². The van der Waals surface area contributed by atoms with E-state index < -0.39 is 11.6 Å². The minimum atomic E-state index is -0.656. The summed E-state index contributed by atoms with van der Waals surface area (Å²) in [4.78, 5) is 0. The van der Waals surface area contributed by atoms with Crippen molar-refractivity contribution in [2.75, 3.05) is 6.54 Å². The van der Waals surface area contributed by atoms with Crippen molar-refractivity contribution < 1.29 is 8.78 Å². The van der Waals surface area contributed by atoms with E-state index in [1.165, 1.54) is 25.7 Å². The Hall–Kier alpha value is -1.47. The largest absolute Gasteiger partial charge is 0.312 e. The molecule has 0 aliphatic rings. The van der Waals surface area contributed by atoms with E-state index >= 15 is 0 Å². The highest BCUT2D eigenvalue weighted by Crippen LogP contribution is 2.15. The molecule has 1 aromatic rings. The Bertz CT molecular complexity index is 429. The van der Waals surface area contributed by atoms with Crippen molar-refractivity contribution in [1.82, 2.24) is 5.32 Å². The van der Waals surface area contributed by atoms with Crippen LogP contribution in [0.15, 0.2) is 12.1 Å². The van der Waals surface area contributed by atoms with Crippen LogP contribution in [0.25, 0.3) is 0 Å². The van der Waals surface area contributed by atoms with Crippen LogP contribution in [-0.4, -0.2) is 6.54 Å². The second-order valence-electron chi connectivity index (χ2n) is 4.97. The van der Waals surface area contributed by atoms with Gasteiger partial charge in [0.2, 0.25) is 0 Å². The molecule has 1 aromatic carbocycles. The highest BCUT2D eigenvalue weighted by atomic mass is 19.1. The lowest BCUT2D eigenvalue weighted by Crippen LogP contribution is -2.17. The molecule has 1 rings (SSSR count). The quantitative estimate of drug-likeness (QED) is 0.685. The van der Waals surface area contributed by atoms with Crippen LogP contribution in [0.1, 0.15) is 56.6 Å². The molecule has 1 N–H and O–H groups in total. The summed E-state index contributed by atoms with van der Waals surface area (Å²) < 4.78 is 27.2. The molecule has 0 heterocycles. The average molecular weight is 280 g/mol. The first kappa shape index (κ1) is 16.6. The molecule has 0 saturated carbocycles. The van der Waals surface area contributed by atoms with E-state index in [0.29, 0.717) is 0 Å². The van der Waals surface area contributed by atoms with Gasteiger partial charge in [-0.05, 0) is 25.1 Å². The van der Waals surface area contributed by atoms with Crippen LogP contribution in [0.2, 0.25) is 0 Å². The van der Waals surface area contributed by atoms with Gasteiger partial charge in [-0.1, -0.05) is 39.0 Å². The summed E-state index contributed by atoms with van der Waals surface area (Å²) in [6.07, 6.45) is 7.14. The van der Waals surface area contributed by atoms with Crippen molar-refractivity contribution in [3.63, 3.8) is 0 Å². The maximum Gasteiger partial charge on any atom is 0.131 e. The predicted octanol–water partition coefficient (Wildman–Crippen LogP) is 4.29. The number of hydrogen-bond donors (Lipinski definition) is 1. The summed E-state index contributed by atoms with van der Waals surface area (Å²) in [5, 5.41) is 11.7. The molecule has 4 heteroatoms. The van der Waals surface area contributed by atoms with Crippen LogP contribution in [-0.2, 0) is 6.54 Å². The highest BCUT2D eigenvalue weighted by molar-refractivity contribution is 5.34. The molecule has 0 unspecified atom stereocenters. The van der Waals surface area contributed by atoms with Gasteiger partial charge in [-0.25, -0.2) is 8.78 Å². The molecule has 0 saturated heterocycles. The molecule has 0 aromatic heterocycles. The summed E-state index contributed by atoms with van der Waals surface area (Å²) in [5.74, 6) is -1.31. The molecule has 110 valence electrons. The normalized spacial score (nSPS) is 10.5. The van der Waals surface area contributed by atoms with Crippen LogP contribution < -0.4 is 5.32 Å². The molecule has 0 atom stereocenters. The average Bonchev–Trinajstić information content (AvgIpc) is 2.43. The molecule has 0 spiro atoms. The Morgan fingerprint density at radius 2 is 1.65 bits per heavy atom. The van der Waals surface area contributed by atoms with Crippen molar-refractivity contribution in [3.8, 4) is 6.07 Å². The van der Waals surface area contributed by atoms with Gasteiger partial charge in [0.05, 0.1) is 11.6 Å². The van der Waals surface area contributed by atoms with Gasteiger partial charge in [0.25, 0.3) is 0 Å². The SMILES string of the molecule is CCCCCCCCNCc1c(F)cc(C#N)cc1F. The Morgan fingerprint density at radius 1 is 1.05 bits per heavy atom. The lowest BCUT2D eigenvalue weighted by molar-refractivity contribution is 0.523. The zero-order valence-corrected chi connectivity index (χ0v) is 12.0. The molecule has 2 nitrogen and oxygen atoms in total. The maximum absolute atomic E-state index is 13.6. The fourth-order valence-corrected chi connectivity index (χ4v) is 2.08. The van der Waals surface area contributed by atoms with Gasteiger partial charge in [-0.15, -0.1) is 0 Å². The molecule has 0 bridgehead atoms. The summed E-state index contributed by atoms with van der Waals surface area (Å²) >= 11 is 0. The van der Waals surface area contributed by atoms with Crippen LogP contribution >= 0.6 is 0 Å². The second-order valence-corrected chi connectivity index (χ2v) is 4.97. The lowest BCUT2D eigenvalue weighted by Gasteiger charge is -2.07. The molecule has 20 heavy (non-hydrogen) atoms. The van der Waals surface area contributed by atoms with Gasteiger partial charge in [0, 0.05) is 12.1 Å². The summed E-state index contributed by atoms with van der Waals surface area (Å²) in [6.45, 7) is 3.10. The smallest absolute Gasteiger partial charge is 0.131 e. The fraction of sp³-hybridized carbons (Fsp3) is 0.562. The number of nitrogens with zero attached hydrogens (tertiary/aromatic N) is 1. The minimum absolute atomic E-state index is 0.00924.